The van der Waals surface area contributed by atoms with E-state index in [1.54, 1.807) is 0 Å². The van der Waals surface area contributed by atoms with Crippen LogP contribution >= 0.6 is 0 Å². The molecule has 2 aromatic heterocycles. The van der Waals surface area contributed by atoms with E-state index in [0.717, 1.165) is 6.07 Å². The van der Waals surface area contributed by atoms with Crippen LogP contribution in [0, 0.1) is 5.82 Å². The van der Waals surface area contributed by atoms with Gasteiger partial charge < -0.3 is 4.52 Å². The Morgan fingerprint density at radius 1 is 1.41 bits per heavy atom. The summed E-state index contributed by atoms with van der Waals surface area (Å²) in [5.41, 5.74) is 0.393. The highest BCUT2D eigenvalue weighted by molar-refractivity contribution is 7.89. The van der Waals surface area contributed by atoms with E-state index in [2.05, 4.69) is 19.4 Å². The SMILES string of the molecule is O=S(=O)(NCc1ccon1)c1ncccc1F. The van der Waals surface area contributed by atoms with Gasteiger partial charge in [-0.05, 0) is 12.1 Å². The van der Waals surface area contributed by atoms with E-state index in [1.165, 1.54) is 24.6 Å². The zero-order valence-electron chi connectivity index (χ0n) is 8.50. The van der Waals surface area contributed by atoms with E-state index in [4.69, 9.17) is 0 Å². The minimum absolute atomic E-state index is 0.0884. The molecule has 2 rings (SSSR count). The average molecular weight is 257 g/mol. The maximum Gasteiger partial charge on any atom is 0.261 e. The first-order chi connectivity index (χ1) is 8.09. The number of hydrogen-bond acceptors (Lipinski definition) is 5. The highest BCUT2D eigenvalue weighted by Gasteiger charge is 2.20. The molecule has 0 unspecified atom stereocenters. The van der Waals surface area contributed by atoms with Crippen LogP contribution in [0.5, 0.6) is 0 Å². The van der Waals surface area contributed by atoms with E-state index in [1.807, 2.05) is 0 Å². The Balaban J connectivity index is 2.17. The molecule has 6 nitrogen and oxygen atoms in total. The van der Waals surface area contributed by atoms with Crippen molar-refractivity contribution in [3.63, 3.8) is 0 Å². The predicted molar refractivity (Wildman–Crippen MR) is 54.7 cm³/mol. The Morgan fingerprint density at radius 2 is 2.24 bits per heavy atom. The van der Waals surface area contributed by atoms with Gasteiger partial charge in [0, 0.05) is 12.3 Å². The average Bonchev–Trinajstić information content (AvgIpc) is 2.80. The minimum atomic E-state index is -3.98. The maximum atomic E-state index is 13.2. The summed E-state index contributed by atoms with van der Waals surface area (Å²) in [6.07, 6.45) is 2.51. The quantitative estimate of drug-likeness (QED) is 0.870. The number of nitrogens with one attached hydrogen (secondary N) is 1. The lowest BCUT2D eigenvalue weighted by atomic mass is 10.5. The molecule has 17 heavy (non-hydrogen) atoms. The van der Waals surface area contributed by atoms with E-state index in [-0.39, 0.29) is 6.54 Å². The van der Waals surface area contributed by atoms with Gasteiger partial charge in [0.2, 0.25) is 5.03 Å². The molecular formula is C9H8FN3O3S. The number of pyridine rings is 1. The Bertz CT molecular complexity index is 598. The third kappa shape index (κ3) is 2.66. The van der Waals surface area contributed by atoms with Gasteiger partial charge in [-0.3, -0.25) is 0 Å². The molecule has 0 aliphatic carbocycles. The molecule has 0 radical (unpaired) electrons. The summed E-state index contributed by atoms with van der Waals surface area (Å²) >= 11 is 0. The van der Waals surface area contributed by atoms with Gasteiger partial charge in [0.15, 0.2) is 5.82 Å². The number of aromatic nitrogens is 2. The van der Waals surface area contributed by atoms with Crippen molar-refractivity contribution >= 4 is 10.0 Å². The Kier molecular flexibility index (Phi) is 3.16. The molecule has 0 saturated carbocycles. The molecule has 0 aliphatic rings. The molecule has 0 aromatic carbocycles. The largest absolute Gasteiger partial charge is 0.364 e. The van der Waals surface area contributed by atoms with Crippen molar-refractivity contribution in [1.82, 2.24) is 14.9 Å². The lowest BCUT2D eigenvalue weighted by molar-refractivity contribution is 0.410. The Labute approximate surface area is 96.5 Å². The molecule has 0 amide bonds. The maximum absolute atomic E-state index is 13.2. The molecule has 8 heteroatoms. The fourth-order valence-corrected chi connectivity index (χ4v) is 2.13. The second-order valence-corrected chi connectivity index (χ2v) is 4.79. The van der Waals surface area contributed by atoms with E-state index >= 15 is 0 Å². The first-order valence-electron chi connectivity index (χ1n) is 4.59. The second kappa shape index (κ2) is 4.60. The summed E-state index contributed by atoms with van der Waals surface area (Å²) in [5.74, 6) is -0.903. The molecule has 0 spiro atoms. The zero-order chi connectivity index (χ0) is 12.3. The molecule has 2 aromatic rings. The number of halogens is 1. The molecule has 1 N–H and O–H groups in total. The molecule has 0 aliphatic heterocycles. The standard InChI is InChI=1S/C9H8FN3O3S/c10-8-2-1-4-11-9(8)17(14,15)12-6-7-3-5-16-13-7/h1-5,12H,6H2. The van der Waals surface area contributed by atoms with Crippen LogP contribution in [0.3, 0.4) is 0 Å². The van der Waals surface area contributed by atoms with Crippen molar-refractivity contribution < 1.29 is 17.3 Å². The van der Waals surface area contributed by atoms with Gasteiger partial charge in [-0.15, -0.1) is 0 Å². The summed E-state index contributed by atoms with van der Waals surface area (Å²) in [6, 6.07) is 3.83. The number of hydrogen-bond donors (Lipinski definition) is 1. The number of sulfonamides is 1. The number of rotatable bonds is 4. The Hall–Kier alpha value is -1.80. The first kappa shape index (κ1) is 11.7. The second-order valence-electron chi connectivity index (χ2n) is 3.11. The van der Waals surface area contributed by atoms with Crippen molar-refractivity contribution in [2.24, 2.45) is 0 Å². The van der Waals surface area contributed by atoms with Crippen LogP contribution in [0.2, 0.25) is 0 Å². The van der Waals surface area contributed by atoms with Gasteiger partial charge in [0.05, 0.1) is 12.2 Å². The van der Waals surface area contributed by atoms with E-state index in [9.17, 15) is 12.8 Å². The third-order valence-electron chi connectivity index (χ3n) is 1.91. The van der Waals surface area contributed by atoms with Crippen molar-refractivity contribution in [3.8, 4) is 0 Å². The van der Waals surface area contributed by atoms with Crippen LogP contribution in [0.1, 0.15) is 5.69 Å². The highest BCUT2D eigenvalue weighted by atomic mass is 32.2. The summed E-state index contributed by atoms with van der Waals surface area (Å²) in [5, 5.41) is 2.88. The third-order valence-corrected chi connectivity index (χ3v) is 3.25. The monoisotopic (exact) mass is 257 g/mol. The molecule has 2 heterocycles. The van der Waals surface area contributed by atoms with Gasteiger partial charge >= 0.3 is 0 Å². The van der Waals surface area contributed by atoms with Gasteiger partial charge in [0.25, 0.3) is 10.0 Å². The van der Waals surface area contributed by atoms with Gasteiger partial charge in [-0.1, -0.05) is 5.16 Å². The molecule has 0 saturated heterocycles. The Morgan fingerprint density at radius 3 is 2.88 bits per heavy atom. The highest BCUT2D eigenvalue weighted by Crippen LogP contribution is 2.10. The summed E-state index contributed by atoms with van der Waals surface area (Å²) in [6.45, 7) is -0.0884. The molecule has 0 fully saturated rings. The summed E-state index contributed by atoms with van der Waals surface area (Å²) in [4.78, 5) is 3.48. The zero-order valence-corrected chi connectivity index (χ0v) is 9.32. The normalized spacial score (nSPS) is 11.6. The van der Waals surface area contributed by atoms with Gasteiger partial charge in [0.1, 0.15) is 6.26 Å². The lowest BCUT2D eigenvalue weighted by Crippen LogP contribution is -2.25. The van der Waals surface area contributed by atoms with Crippen LogP contribution in [0.4, 0.5) is 4.39 Å². The summed E-state index contributed by atoms with van der Waals surface area (Å²) in [7, 11) is -3.98. The van der Waals surface area contributed by atoms with Crippen LogP contribution < -0.4 is 4.72 Å². The summed E-state index contributed by atoms with van der Waals surface area (Å²) < 4.78 is 43.3. The molecule has 0 bridgehead atoms. The van der Waals surface area contributed by atoms with Crippen molar-refractivity contribution in [2.45, 2.75) is 11.6 Å². The van der Waals surface area contributed by atoms with E-state index in [0.29, 0.717) is 5.69 Å². The smallest absolute Gasteiger partial charge is 0.261 e. The fraction of sp³-hybridized carbons (Fsp3) is 0.111. The van der Waals surface area contributed by atoms with Crippen LogP contribution in [-0.4, -0.2) is 18.6 Å². The van der Waals surface area contributed by atoms with Crippen molar-refractivity contribution in [2.75, 3.05) is 0 Å². The molecule has 0 atom stereocenters. The van der Waals surface area contributed by atoms with Crippen LogP contribution in [0.25, 0.3) is 0 Å². The van der Waals surface area contributed by atoms with Crippen molar-refractivity contribution in [1.29, 1.82) is 0 Å². The lowest BCUT2D eigenvalue weighted by Gasteiger charge is -2.04. The number of nitrogens with zero attached hydrogens (tertiary/aromatic N) is 2. The van der Waals surface area contributed by atoms with Crippen LogP contribution in [-0.2, 0) is 16.6 Å². The predicted octanol–water partition coefficient (Wildman–Crippen LogP) is 0.687. The molecular weight excluding hydrogens is 249 g/mol. The van der Waals surface area contributed by atoms with Crippen LogP contribution in [0.15, 0.2) is 40.2 Å². The topological polar surface area (TPSA) is 85.1 Å². The van der Waals surface area contributed by atoms with Gasteiger partial charge in [-0.2, -0.15) is 0 Å². The fourth-order valence-electron chi connectivity index (χ4n) is 1.13. The first-order valence-corrected chi connectivity index (χ1v) is 6.07. The molecule has 90 valence electrons. The minimum Gasteiger partial charge on any atom is -0.364 e. The van der Waals surface area contributed by atoms with E-state index < -0.39 is 20.9 Å². The van der Waals surface area contributed by atoms with Crippen molar-refractivity contribution in [3.05, 3.63) is 42.2 Å². The van der Waals surface area contributed by atoms with Gasteiger partial charge in [-0.25, -0.2) is 22.5 Å².